The van der Waals surface area contributed by atoms with Gasteiger partial charge in [-0.15, -0.1) is 0 Å². The van der Waals surface area contributed by atoms with Gasteiger partial charge in [-0.2, -0.15) is 0 Å². The number of phenols is 1. The molecule has 2 N–H and O–H groups in total. The highest BCUT2D eigenvalue weighted by Gasteiger charge is 2.12. The molecule has 0 aliphatic carbocycles. The third kappa shape index (κ3) is 3.13. The molecule has 0 saturated carbocycles. The summed E-state index contributed by atoms with van der Waals surface area (Å²) in [6.07, 6.45) is 0. The lowest BCUT2D eigenvalue weighted by atomic mass is 10.2. The molecule has 0 bridgehead atoms. The molecule has 1 amide bonds. The molecule has 22 heavy (non-hydrogen) atoms. The lowest BCUT2D eigenvalue weighted by molar-refractivity contribution is 0.0997. The number of hydrogen-bond donors (Lipinski definition) is 2. The van der Waals surface area contributed by atoms with E-state index in [1.54, 1.807) is 36.4 Å². The number of benzene rings is 2. The van der Waals surface area contributed by atoms with Gasteiger partial charge in [0.15, 0.2) is 5.76 Å². The number of aromatic hydroxyl groups is 1. The van der Waals surface area contributed by atoms with E-state index in [0.29, 0.717) is 16.5 Å². The van der Waals surface area contributed by atoms with Crippen LogP contribution >= 0.6 is 11.6 Å². The highest BCUT2D eigenvalue weighted by atomic mass is 35.5. The summed E-state index contributed by atoms with van der Waals surface area (Å²) in [5.74, 6) is 0.541. The third-order valence-corrected chi connectivity index (χ3v) is 3.30. The Bertz CT molecular complexity index is 809. The molecular formula is C17H12ClNO3. The Morgan fingerprint density at radius 1 is 1.05 bits per heavy atom. The van der Waals surface area contributed by atoms with Crippen LogP contribution in [-0.2, 0) is 0 Å². The van der Waals surface area contributed by atoms with E-state index >= 15 is 0 Å². The molecule has 1 heterocycles. The van der Waals surface area contributed by atoms with Gasteiger partial charge in [0.05, 0.1) is 0 Å². The first-order chi connectivity index (χ1) is 10.6. The fourth-order valence-electron chi connectivity index (χ4n) is 1.99. The number of carbonyl (C=O) groups excluding carboxylic acids is 1. The Hall–Kier alpha value is -2.72. The molecule has 0 atom stereocenters. The Morgan fingerprint density at radius 2 is 1.82 bits per heavy atom. The van der Waals surface area contributed by atoms with E-state index in [4.69, 9.17) is 16.0 Å². The van der Waals surface area contributed by atoms with Crippen molar-refractivity contribution in [3.8, 4) is 17.1 Å². The van der Waals surface area contributed by atoms with Crippen LogP contribution in [0.15, 0.2) is 65.1 Å². The normalized spacial score (nSPS) is 10.4. The molecule has 1 aromatic heterocycles. The summed E-state index contributed by atoms with van der Waals surface area (Å²) in [5, 5.41) is 12.5. The molecule has 110 valence electrons. The van der Waals surface area contributed by atoms with E-state index in [0.717, 1.165) is 5.56 Å². The molecule has 0 saturated heterocycles. The summed E-state index contributed by atoms with van der Waals surface area (Å²) >= 11 is 5.94. The van der Waals surface area contributed by atoms with Gasteiger partial charge in [0.1, 0.15) is 11.5 Å². The van der Waals surface area contributed by atoms with Gasteiger partial charge in [0.25, 0.3) is 5.91 Å². The van der Waals surface area contributed by atoms with Crippen molar-refractivity contribution >= 4 is 23.2 Å². The summed E-state index contributed by atoms with van der Waals surface area (Å²) in [4.78, 5) is 12.1. The SMILES string of the molecule is O=C(Nc1ccc(O)cc1)c1ccc(-c2cccc(Cl)c2)o1. The second-order valence-electron chi connectivity index (χ2n) is 4.68. The number of nitrogens with one attached hydrogen (secondary N) is 1. The Morgan fingerprint density at radius 3 is 2.55 bits per heavy atom. The molecule has 0 unspecified atom stereocenters. The van der Waals surface area contributed by atoms with Crippen LogP contribution in [0.3, 0.4) is 0 Å². The predicted octanol–water partition coefficient (Wildman–Crippen LogP) is 4.56. The first-order valence-electron chi connectivity index (χ1n) is 6.58. The van der Waals surface area contributed by atoms with E-state index in [1.807, 2.05) is 12.1 Å². The van der Waals surface area contributed by atoms with Gasteiger partial charge in [-0.1, -0.05) is 23.7 Å². The van der Waals surface area contributed by atoms with Crippen molar-refractivity contribution in [2.24, 2.45) is 0 Å². The molecule has 2 aromatic carbocycles. The minimum Gasteiger partial charge on any atom is -0.508 e. The maximum Gasteiger partial charge on any atom is 0.291 e. The monoisotopic (exact) mass is 313 g/mol. The zero-order valence-electron chi connectivity index (χ0n) is 11.4. The minimum atomic E-state index is -0.362. The van der Waals surface area contributed by atoms with Crippen LogP contribution < -0.4 is 5.32 Å². The van der Waals surface area contributed by atoms with Crippen LogP contribution in [0.2, 0.25) is 5.02 Å². The average Bonchev–Trinajstić information content (AvgIpc) is 3.00. The fourth-order valence-corrected chi connectivity index (χ4v) is 2.18. The standard InChI is InChI=1S/C17H12ClNO3/c18-12-3-1-2-11(10-12)15-8-9-16(22-15)17(21)19-13-4-6-14(20)7-5-13/h1-10,20H,(H,19,21). The molecule has 0 aliphatic rings. The quantitative estimate of drug-likeness (QED) is 0.697. The maximum atomic E-state index is 12.1. The van der Waals surface area contributed by atoms with Crippen LogP contribution in [0.25, 0.3) is 11.3 Å². The van der Waals surface area contributed by atoms with E-state index in [-0.39, 0.29) is 17.4 Å². The summed E-state index contributed by atoms with van der Waals surface area (Å²) in [7, 11) is 0. The van der Waals surface area contributed by atoms with Crippen LogP contribution in [0.4, 0.5) is 5.69 Å². The average molecular weight is 314 g/mol. The molecule has 0 fully saturated rings. The van der Waals surface area contributed by atoms with E-state index < -0.39 is 0 Å². The number of hydrogen-bond acceptors (Lipinski definition) is 3. The van der Waals surface area contributed by atoms with Crippen LogP contribution in [0, 0.1) is 0 Å². The maximum absolute atomic E-state index is 12.1. The van der Waals surface area contributed by atoms with Crippen molar-refractivity contribution in [3.05, 3.63) is 71.4 Å². The number of phenolic OH excluding ortho intramolecular Hbond substituents is 1. The zero-order valence-corrected chi connectivity index (χ0v) is 12.2. The van der Waals surface area contributed by atoms with Crippen molar-refractivity contribution in [1.82, 2.24) is 0 Å². The van der Waals surface area contributed by atoms with Crippen LogP contribution in [-0.4, -0.2) is 11.0 Å². The fraction of sp³-hybridized carbons (Fsp3) is 0. The van der Waals surface area contributed by atoms with Gasteiger partial charge in [-0.25, -0.2) is 0 Å². The second-order valence-corrected chi connectivity index (χ2v) is 5.11. The smallest absolute Gasteiger partial charge is 0.291 e. The van der Waals surface area contributed by atoms with Crippen LogP contribution in [0.1, 0.15) is 10.6 Å². The van der Waals surface area contributed by atoms with Crippen molar-refractivity contribution in [1.29, 1.82) is 0 Å². The van der Waals surface area contributed by atoms with E-state index in [1.165, 1.54) is 12.1 Å². The predicted molar refractivity (Wildman–Crippen MR) is 85.2 cm³/mol. The van der Waals surface area contributed by atoms with Gasteiger partial charge in [0, 0.05) is 16.3 Å². The van der Waals surface area contributed by atoms with E-state index in [2.05, 4.69) is 5.32 Å². The number of halogens is 1. The van der Waals surface area contributed by atoms with Gasteiger partial charge in [-0.05, 0) is 48.5 Å². The highest BCUT2D eigenvalue weighted by Crippen LogP contribution is 2.25. The van der Waals surface area contributed by atoms with Gasteiger partial charge >= 0.3 is 0 Å². The largest absolute Gasteiger partial charge is 0.508 e. The number of carbonyl (C=O) groups is 1. The number of furan rings is 1. The zero-order chi connectivity index (χ0) is 15.5. The Kier molecular flexibility index (Phi) is 3.85. The molecule has 0 aliphatic heterocycles. The van der Waals surface area contributed by atoms with Crippen LogP contribution in [0.5, 0.6) is 5.75 Å². The molecule has 4 nitrogen and oxygen atoms in total. The molecule has 5 heteroatoms. The summed E-state index contributed by atoms with van der Waals surface area (Å²) in [6.45, 7) is 0. The lowest BCUT2D eigenvalue weighted by Gasteiger charge is -2.03. The molecule has 3 aromatic rings. The first kappa shape index (κ1) is 14.2. The topological polar surface area (TPSA) is 62.5 Å². The van der Waals surface area contributed by atoms with Crippen molar-refractivity contribution in [2.45, 2.75) is 0 Å². The highest BCUT2D eigenvalue weighted by molar-refractivity contribution is 6.30. The molecular weight excluding hydrogens is 302 g/mol. The summed E-state index contributed by atoms with van der Waals surface area (Å²) in [5.41, 5.74) is 1.37. The summed E-state index contributed by atoms with van der Waals surface area (Å²) < 4.78 is 5.56. The van der Waals surface area contributed by atoms with Gasteiger partial charge in [0.2, 0.25) is 0 Å². The minimum absolute atomic E-state index is 0.138. The van der Waals surface area contributed by atoms with Crippen molar-refractivity contribution < 1.29 is 14.3 Å². The second kappa shape index (κ2) is 5.95. The van der Waals surface area contributed by atoms with Gasteiger partial charge < -0.3 is 14.8 Å². The molecule has 0 radical (unpaired) electrons. The summed E-state index contributed by atoms with van der Waals surface area (Å²) in [6, 6.07) is 16.7. The van der Waals surface area contributed by atoms with Crippen molar-refractivity contribution in [3.63, 3.8) is 0 Å². The van der Waals surface area contributed by atoms with E-state index in [9.17, 15) is 9.90 Å². The Labute approximate surface area is 132 Å². The first-order valence-corrected chi connectivity index (χ1v) is 6.96. The third-order valence-electron chi connectivity index (χ3n) is 3.06. The lowest BCUT2D eigenvalue weighted by Crippen LogP contribution is -2.10. The number of anilines is 1. The number of amides is 1. The molecule has 0 spiro atoms. The Balaban J connectivity index is 1.78. The van der Waals surface area contributed by atoms with Crippen molar-refractivity contribution in [2.75, 3.05) is 5.32 Å². The number of rotatable bonds is 3. The van der Waals surface area contributed by atoms with Gasteiger partial charge in [-0.3, -0.25) is 4.79 Å². The molecule has 3 rings (SSSR count).